The largest absolute Gasteiger partial charge is 0.367 e. The molecule has 0 N–H and O–H groups in total. The fourth-order valence-corrected chi connectivity index (χ4v) is 1.33. The highest BCUT2D eigenvalue weighted by atomic mass is 35.5. The molecule has 18 heavy (non-hydrogen) atoms. The van der Waals surface area contributed by atoms with Crippen molar-refractivity contribution in [3.8, 4) is 0 Å². The average Bonchev–Trinajstić information content (AvgIpc) is 2.27. The molecule has 1 aromatic rings. The summed E-state index contributed by atoms with van der Waals surface area (Å²) < 4.78 is 53.2. The van der Waals surface area contributed by atoms with E-state index >= 15 is 0 Å². The normalized spacial score (nSPS) is 12.2. The van der Waals surface area contributed by atoms with Crippen LogP contribution in [0.5, 0.6) is 0 Å². The first-order valence-electron chi connectivity index (χ1n) is 5.11. The zero-order valence-corrected chi connectivity index (χ0v) is 10.2. The van der Waals surface area contributed by atoms with Gasteiger partial charge in [-0.2, -0.15) is 8.78 Å². The second-order valence-electron chi connectivity index (χ2n) is 3.51. The fraction of sp³-hybridized carbons (Fsp3) is 0.600. The third-order valence-electron chi connectivity index (χ3n) is 2.00. The molecule has 1 aromatic heterocycles. The van der Waals surface area contributed by atoms with Crippen molar-refractivity contribution < 1.29 is 22.3 Å². The Bertz CT molecular complexity index is 403. The molecule has 0 saturated heterocycles. The fourth-order valence-electron chi connectivity index (χ4n) is 1.10. The first-order chi connectivity index (χ1) is 8.35. The van der Waals surface area contributed by atoms with Crippen molar-refractivity contribution in [2.45, 2.75) is 32.3 Å². The molecule has 0 fully saturated rings. The van der Waals surface area contributed by atoms with Gasteiger partial charge in [-0.15, -0.1) is 0 Å². The maximum absolute atomic E-state index is 12.5. The summed E-state index contributed by atoms with van der Waals surface area (Å²) in [5, 5.41) is 0.154. The van der Waals surface area contributed by atoms with Crippen molar-refractivity contribution in [3.05, 3.63) is 22.7 Å². The highest BCUT2D eigenvalue weighted by molar-refractivity contribution is 6.29. The van der Waals surface area contributed by atoms with E-state index < -0.39 is 25.6 Å². The Hall–Kier alpha value is -0.950. The zero-order valence-electron chi connectivity index (χ0n) is 9.47. The van der Waals surface area contributed by atoms with E-state index in [-0.39, 0.29) is 11.0 Å². The molecular weight excluding hydrogens is 276 g/mol. The van der Waals surface area contributed by atoms with Gasteiger partial charge in [0.25, 0.3) is 0 Å². The molecule has 0 unspecified atom stereocenters. The Balaban J connectivity index is 2.56. The zero-order chi connectivity index (χ0) is 13.8. The van der Waals surface area contributed by atoms with Gasteiger partial charge in [-0.25, -0.2) is 18.7 Å². The molecule has 3 nitrogen and oxygen atoms in total. The Morgan fingerprint density at radius 1 is 1.39 bits per heavy atom. The number of alkyl halides is 4. The van der Waals surface area contributed by atoms with Gasteiger partial charge in [0.2, 0.25) is 0 Å². The standard InChI is InChI=1S/C10H11ClF4N2O/c1-2-6-3-7(11)17-8(16-6)4-18-5-10(14,15)9(12)13/h3,9H,2,4-5H2,1H3. The van der Waals surface area contributed by atoms with Crippen LogP contribution in [0, 0.1) is 0 Å². The first-order valence-corrected chi connectivity index (χ1v) is 5.49. The van der Waals surface area contributed by atoms with E-state index in [0.29, 0.717) is 12.1 Å². The Morgan fingerprint density at radius 3 is 2.61 bits per heavy atom. The van der Waals surface area contributed by atoms with E-state index in [4.69, 9.17) is 11.6 Å². The Kier molecular flexibility index (Phi) is 5.28. The topological polar surface area (TPSA) is 35.0 Å². The van der Waals surface area contributed by atoms with Gasteiger partial charge in [-0.3, -0.25) is 0 Å². The van der Waals surface area contributed by atoms with Gasteiger partial charge in [0.1, 0.15) is 18.4 Å². The average molecular weight is 287 g/mol. The van der Waals surface area contributed by atoms with E-state index in [1.807, 2.05) is 6.92 Å². The third kappa shape index (κ3) is 4.38. The highest BCUT2D eigenvalue weighted by Crippen LogP contribution is 2.23. The molecule has 0 aliphatic rings. The second-order valence-corrected chi connectivity index (χ2v) is 3.89. The molecule has 0 aliphatic carbocycles. The summed E-state index contributed by atoms with van der Waals surface area (Å²) in [5.74, 6) is -4.09. The van der Waals surface area contributed by atoms with Crippen molar-refractivity contribution in [1.82, 2.24) is 9.97 Å². The SMILES string of the molecule is CCc1cc(Cl)nc(COCC(F)(F)C(F)F)n1. The molecule has 0 amide bonds. The minimum absolute atomic E-state index is 0.0874. The van der Waals surface area contributed by atoms with Crippen LogP contribution in [0.15, 0.2) is 6.07 Å². The van der Waals surface area contributed by atoms with Gasteiger partial charge in [-0.05, 0) is 12.5 Å². The maximum atomic E-state index is 12.5. The minimum atomic E-state index is -4.17. The van der Waals surface area contributed by atoms with Crippen LogP contribution in [0.25, 0.3) is 0 Å². The summed E-state index contributed by atoms with van der Waals surface area (Å²) in [5.41, 5.74) is 0.620. The van der Waals surface area contributed by atoms with Crippen LogP contribution in [-0.2, 0) is 17.8 Å². The van der Waals surface area contributed by atoms with Crippen LogP contribution in [-0.4, -0.2) is 28.9 Å². The van der Waals surface area contributed by atoms with E-state index in [9.17, 15) is 17.6 Å². The first kappa shape index (κ1) is 15.1. The molecular formula is C10H11ClF4N2O. The van der Waals surface area contributed by atoms with Crippen molar-refractivity contribution in [2.75, 3.05) is 6.61 Å². The molecule has 8 heteroatoms. The van der Waals surface area contributed by atoms with Crippen molar-refractivity contribution in [2.24, 2.45) is 0 Å². The molecule has 1 heterocycles. The van der Waals surface area contributed by atoms with Crippen LogP contribution >= 0.6 is 11.6 Å². The summed E-state index contributed by atoms with van der Waals surface area (Å²) in [7, 11) is 0. The number of hydrogen-bond donors (Lipinski definition) is 0. The predicted octanol–water partition coefficient (Wildman–Crippen LogP) is 3.11. The predicted molar refractivity (Wildman–Crippen MR) is 57.0 cm³/mol. The lowest BCUT2D eigenvalue weighted by Crippen LogP contribution is -2.32. The van der Waals surface area contributed by atoms with Crippen LogP contribution in [0.1, 0.15) is 18.4 Å². The van der Waals surface area contributed by atoms with Crippen LogP contribution in [0.2, 0.25) is 5.15 Å². The molecule has 0 aromatic carbocycles. The minimum Gasteiger partial charge on any atom is -0.367 e. The summed E-state index contributed by atoms with van der Waals surface area (Å²) in [4.78, 5) is 7.71. The Labute approximate surface area is 106 Å². The molecule has 0 bridgehead atoms. The van der Waals surface area contributed by atoms with Gasteiger partial charge >= 0.3 is 12.3 Å². The molecule has 1 rings (SSSR count). The molecule has 0 aliphatic heterocycles. The molecule has 0 atom stereocenters. The number of hydrogen-bond acceptors (Lipinski definition) is 3. The van der Waals surface area contributed by atoms with E-state index in [2.05, 4.69) is 14.7 Å². The van der Waals surface area contributed by atoms with Crippen LogP contribution in [0.3, 0.4) is 0 Å². The van der Waals surface area contributed by atoms with Crippen molar-refractivity contribution in [1.29, 1.82) is 0 Å². The monoisotopic (exact) mass is 286 g/mol. The highest BCUT2D eigenvalue weighted by Gasteiger charge is 2.40. The number of rotatable bonds is 6. The van der Waals surface area contributed by atoms with Gasteiger partial charge in [0.05, 0.1) is 0 Å². The summed E-state index contributed by atoms with van der Waals surface area (Å²) >= 11 is 5.67. The maximum Gasteiger partial charge on any atom is 0.330 e. The summed E-state index contributed by atoms with van der Waals surface area (Å²) in [6.45, 7) is 0.0477. The lowest BCUT2D eigenvalue weighted by molar-refractivity contribution is -0.168. The number of aromatic nitrogens is 2. The molecule has 0 radical (unpaired) electrons. The lowest BCUT2D eigenvalue weighted by Gasteiger charge is -2.14. The van der Waals surface area contributed by atoms with E-state index in [1.165, 1.54) is 6.07 Å². The Morgan fingerprint density at radius 2 is 2.06 bits per heavy atom. The van der Waals surface area contributed by atoms with Gasteiger partial charge in [-0.1, -0.05) is 18.5 Å². The smallest absolute Gasteiger partial charge is 0.330 e. The molecule has 102 valence electrons. The molecule has 0 saturated carbocycles. The third-order valence-corrected chi connectivity index (χ3v) is 2.20. The van der Waals surface area contributed by atoms with Crippen molar-refractivity contribution in [3.63, 3.8) is 0 Å². The van der Waals surface area contributed by atoms with E-state index in [1.54, 1.807) is 0 Å². The second kappa shape index (κ2) is 6.29. The van der Waals surface area contributed by atoms with Gasteiger partial charge in [0.15, 0.2) is 5.82 Å². The lowest BCUT2D eigenvalue weighted by atomic mass is 10.3. The number of halogens is 5. The number of aryl methyl sites for hydroxylation is 1. The van der Waals surface area contributed by atoms with Gasteiger partial charge in [0, 0.05) is 5.69 Å². The van der Waals surface area contributed by atoms with Crippen LogP contribution < -0.4 is 0 Å². The summed E-state index contributed by atoms with van der Waals surface area (Å²) in [6, 6.07) is 1.53. The van der Waals surface area contributed by atoms with Crippen molar-refractivity contribution >= 4 is 11.6 Å². The quantitative estimate of drug-likeness (QED) is 0.595. The van der Waals surface area contributed by atoms with E-state index in [0.717, 1.165) is 0 Å². The molecule has 0 spiro atoms. The number of nitrogens with zero attached hydrogens (tertiary/aromatic N) is 2. The summed E-state index contributed by atoms with van der Waals surface area (Å²) in [6.07, 6.45) is -3.17. The number of ether oxygens (including phenoxy) is 1. The van der Waals surface area contributed by atoms with Gasteiger partial charge < -0.3 is 4.74 Å². The van der Waals surface area contributed by atoms with Crippen LogP contribution in [0.4, 0.5) is 17.6 Å².